The van der Waals surface area contributed by atoms with E-state index in [1.807, 2.05) is 36.1 Å². The van der Waals surface area contributed by atoms with E-state index in [1.165, 1.54) is 48.0 Å². The number of piperidine rings is 1. The van der Waals surface area contributed by atoms with E-state index in [1.54, 1.807) is 4.90 Å². The molecule has 0 radical (unpaired) electrons. The van der Waals surface area contributed by atoms with Crippen LogP contribution < -0.4 is 10.0 Å². The van der Waals surface area contributed by atoms with Gasteiger partial charge in [-0.2, -0.15) is 0 Å². The Bertz CT molecular complexity index is 1520. The Hall–Kier alpha value is -3.31. The molecule has 0 aliphatic carbocycles. The zero-order chi connectivity index (χ0) is 29.2. The van der Waals surface area contributed by atoms with Gasteiger partial charge in [0.05, 0.1) is 23.7 Å². The number of anilines is 2. The van der Waals surface area contributed by atoms with Gasteiger partial charge in [-0.1, -0.05) is 53.0 Å². The number of nitrogens with zero attached hydrogens (tertiary/aromatic N) is 2. The Morgan fingerprint density at radius 3 is 2.22 bits per heavy atom. The van der Waals surface area contributed by atoms with E-state index >= 15 is 0 Å². The molecule has 5 rings (SSSR count). The number of rotatable bonds is 8. The van der Waals surface area contributed by atoms with Gasteiger partial charge in [0.1, 0.15) is 5.60 Å². The van der Waals surface area contributed by atoms with Crippen LogP contribution >= 0.6 is 23.2 Å². The van der Waals surface area contributed by atoms with Gasteiger partial charge in [-0.15, -0.1) is 0 Å². The molecule has 3 aromatic carbocycles. The zero-order valence-corrected chi connectivity index (χ0v) is 24.7. The van der Waals surface area contributed by atoms with Crippen molar-refractivity contribution >= 4 is 56.6 Å². The normalized spacial score (nSPS) is 17.0. The minimum Gasteiger partial charge on any atom is -0.441 e. The smallest absolute Gasteiger partial charge is 0.410 e. The quantitative estimate of drug-likeness (QED) is 0.345. The summed E-state index contributed by atoms with van der Waals surface area (Å²) in [5, 5.41) is 3.43. The highest BCUT2D eigenvalue weighted by Crippen LogP contribution is 2.34. The number of carbonyl (C=O) groups is 2. The number of nitrogens with one attached hydrogen (secondary N) is 2. The molecular formula is C29H30Cl2N4O5S. The van der Waals surface area contributed by atoms with E-state index in [2.05, 4.69) is 10.0 Å². The Labute approximate surface area is 249 Å². The Balaban J connectivity index is 1.10. The maximum Gasteiger partial charge on any atom is 0.410 e. The van der Waals surface area contributed by atoms with Gasteiger partial charge in [-0.3, -0.25) is 19.3 Å². The topological polar surface area (TPSA) is 108 Å². The van der Waals surface area contributed by atoms with Gasteiger partial charge in [0, 0.05) is 48.2 Å². The lowest BCUT2D eigenvalue weighted by molar-refractivity contribution is -0.118. The van der Waals surface area contributed by atoms with E-state index in [4.69, 9.17) is 27.9 Å². The number of hydrogen-bond donors (Lipinski definition) is 2. The summed E-state index contributed by atoms with van der Waals surface area (Å²) in [7, 11) is -3.88. The van der Waals surface area contributed by atoms with Gasteiger partial charge in [-0.25, -0.2) is 13.2 Å². The van der Waals surface area contributed by atoms with Crippen LogP contribution in [0, 0.1) is 6.92 Å². The van der Waals surface area contributed by atoms with Crippen molar-refractivity contribution in [1.29, 1.82) is 0 Å². The van der Waals surface area contributed by atoms with Crippen molar-refractivity contribution in [1.82, 2.24) is 9.80 Å². The molecular weight excluding hydrogens is 587 g/mol. The zero-order valence-electron chi connectivity index (χ0n) is 22.4. The second kappa shape index (κ2) is 11.9. The molecule has 2 aliphatic heterocycles. The van der Waals surface area contributed by atoms with E-state index < -0.39 is 15.6 Å². The lowest BCUT2D eigenvalue weighted by Crippen LogP contribution is -2.48. The highest BCUT2D eigenvalue weighted by Gasteiger charge is 2.46. The Morgan fingerprint density at radius 2 is 1.59 bits per heavy atom. The van der Waals surface area contributed by atoms with E-state index in [-0.39, 0.29) is 29.1 Å². The largest absolute Gasteiger partial charge is 0.441 e. The minimum absolute atomic E-state index is 0.0236. The highest BCUT2D eigenvalue weighted by molar-refractivity contribution is 7.92. The second-order valence-electron chi connectivity index (χ2n) is 10.5. The molecule has 1 spiro atoms. The molecule has 2 N–H and O–H groups in total. The molecule has 2 aliphatic rings. The summed E-state index contributed by atoms with van der Waals surface area (Å²) in [5.74, 6) is -0.215. The van der Waals surface area contributed by atoms with Gasteiger partial charge >= 0.3 is 6.09 Å². The Morgan fingerprint density at radius 1 is 0.951 bits per heavy atom. The molecule has 12 heteroatoms. The third kappa shape index (κ3) is 7.32. The number of benzene rings is 3. The fourth-order valence-corrected chi connectivity index (χ4v) is 6.62. The molecule has 0 atom stereocenters. The Kier molecular flexibility index (Phi) is 8.47. The van der Waals surface area contributed by atoms with Crippen LogP contribution in [0.3, 0.4) is 0 Å². The number of aryl methyl sites for hydroxylation is 1. The summed E-state index contributed by atoms with van der Waals surface area (Å²) in [6.07, 6.45) is 0.996. The minimum atomic E-state index is -3.88. The van der Waals surface area contributed by atoms with Gasteiger partial charge in [0.15, 0.2) is 0 Å². The number of sulfonamides is 1. The average molecular weight is 618 g/mol. The molecule has 2 saturated heterocycles. The van der Waals surface area contributed by atoms with E-state index in [0.717, 1.165) is 5.56 Å². The van der Waals surface area contributed by atoms with Crippen LogP contribution in [0.5, 0.6) is 0 Å². The molecule has 41 heavy (non-hydrogen) atoms. The number of hydrogen-bond acceptors (Lipinski definition) is 6. The lowest BCUT2D eigenvalue weighted by Gasteiger charge is -2.37. The fourth-order valence-electron chi connectivity index (χ4n) is 5.06. The predicted molar refractivity (Wildman–Crippen MR) is 159 cm³/mol. The summed E-state index contributed by atoms with van der Waals surface area (Å²) in [4.78, 5) is 29.1. The third-order valence-corrected chi connectivity index (χ3v) is 9.07. The highest BCUT2D eigenvalue weighted by atomic mass is 35.5. The lowest BCUT2D eigenvalue weighted by atomic mass is 9.91. The first-order valence-corrected chi connectivity index (χ1v) is 15.4. The van der Waals surface area contributed by atoms with Crippen molar-refractivity contribution in [2.75, 3.05) is 36.2 Å². The first-order valence-electron chi connectivity index (χ1n) is 13.1. The maximum atomic E-state index is 12.7. The second-order valence-corrected chi connectivity index (χ2v) is 13.1. The van der Waals surface area contributed by atoms with Crippen LogP contribution in [0.4, 0.5) is 16.2 Å². The van der Waals surface area contributed by atoms with Gasteiger partial charge in [0.2, 0.25) is 5.91 Å². The molecule has 3 aromatic rings. The number of amides is 2. The summed E-state index contributed by atoms with van der Waals surface area (Å²) in [6, 6.07) is 18.4. The average Bonchev–Trinajstić information content (AvgIpc) is 3.20. The molecule has 2 fully saturated rings. The van der Waals surface area contributed by atoms with Crippen LogP contribution in [0.15, 0.2) is 71.6 Å². The maximum absolute atomic E-state index is 12.7. The van der Waals surface area contributed by atoms with Crippen LogP contribution in [-0.2, 0) is 26.1 Å². The van der Waals surface area contributed by atoms with Crippen LogP contribution in [-0.4, -0.2) is 62.0 Å². The summed E-state index contributed by atoms with van der Waals surface area (Å²) >= 11 is 11.9. The van der Waals surface area contributed by atoms with Crippen molar-refractivity contribution in [2.45, 2.75) is 36.8 Å². The molecule has 0 unspecified atom stereocenters. The van der Waals surface area contributed by atoms with Crippen molar-refractivity contribution < 1.29 is 22.7 Å². The van der Waals surface area contributed by atoms with Gasteiger partial charge in [-0.05, 0) is 55.0 Å². The van der Waals surface area contributed by atoms with Crippen LogP contribution in [0.25, 0.3) is 0 Å². The van der Waals surface area contributed by atoms with Crippen LogP contribution in [0.2, 0.25) is 10.0 Å². The van der Waals surface area contributed by atoms with Gasteiger partial charge < -0.3 is 10.1 Å². The molecule has 0 bridgehead atoms. The van der Waals surface area contributed by atoms with Gasteiger partial charge in [0.25, 0.3) is 10.0 Å². The molecule has 0 aromatic heterocycles. The molecule has 0 saturated carbocycles. The summed E-state index contributed by atoms with van der Waals surface area (Å²) in [6.45, 7) is 4.49. The monoisotopic (exact) mass is 616 g/mol. The van der Waals surface area contributed by atoms with E-state index in [0.29, 0.717) is 54.8 Å². The number of halogens is 2. The molecule has 2 amide bonds. The predicted octanol–water partition coefficient (Wildman–Crippen LogP) is 5.53. The van der Waals surface area contributed by atoms with Crippen LogP contribution in [0.1, 0.15) is 24.0 Å². The van der Waals surface area contributed by atoms with E-state index in [9.17, 15) is 18.0 Å². The summed E-state index contributed by atoms with van der Waals surface area (Å²) < 4.78 is 33.8. The third-order valence-electron chi connectivity index (χ3n) is 7.23. The molecule has 9 nitrogen and oxygen atoms in total. The standard InChI is InChI=1S/C29H30Cl2N4O5S/c1-20-2-4-21(5-3-20)17-35-19-29(40-28(35)37)10-12-34(13-11-29)18-27(36)32-24-6-8-26(9-7-24)41(38,39)33-25-15-22(30)14-23(31)16-25/h2-9,14-16,33H,10-13,17-19H2,1H3,(H,32,36). The first kappa shape index (κ1) is 29.2. The number of likely N-dealkylation sites (tertiary alicyclic amines) is 1. The fraction of sp³-hybridized carbons (Fsp3) is 0.310. The number of carbonyl (C=O) groups excluding carboxylic acids is 2. The number of ether oxygens (including phenoxy) is 1. The van der Waals surface area contributed by atoms with Crippen molar-refractivity contribution in [3.63, 3.8) is 0 Å². The van der Waals surface area contributed by atoms with Crippen molar-refractivity contribution in [2.24, 2.45) is 0 Å². The molecule has 2 heterocycles. The SMILES string of the molecule is Cc1ccc(CN2CC3(CCN(CC(=O)Nc4ccc(S(=O)(=O)Nc5cc(Cl)cc(Cl)c5)cc4)CC3)OC2=O)cc1. The molecule has 216 valence electrons. The summed E-state index contributed by atoms with van der Waals surface area (Å²) in [5.41, 5.74) is 2.43. The first-order chi connectivity index (χ1) is 19.5. The van der Waals surface area contributed by atoms with Crippen molar-refractivity contribution in [3.8, 4) is 0 Å². The van der Waals surface area contributed by atoms with Crippen molar-refractivity contribution in [3.05, 3.63) is 87.9 Å².